The first-order valence-corrected chi connectivity index (χ1v) is 6.12. The van der Waals surface area contributed by atoms with Gasteiger partial charge in [0.05, 0.1) is 0 Å². The molecule has 1 aliphatic carbocycles. The van der Waals surface area contributed by atoms with E-state index in [2.05, 4.69) is 12.2 Å². The maximum atomic E-state index is 5.92. The van der Waals surface area contributed by atoms with E-state index < -0.39 is 0 Å². The molecule has 4 heteroatoms. The van der Waals surface area contributed by atoms with E-state index in [1.54, 1.807) is 6.07 Å². The van der Waals surface area contributed by atoms with Gasteiger partial charge in [0.1, 0.15) is 4.99 Å². The molecule has 86 valence electrons. The normalized spacial score (nSPS) is 16.9. The summed E-state index contributed by atoms with van der Waals surface area (Å²) < 4.78 is 0. The summed E-state index contributed by atoms with van der Waals surface area (Å²) in [6, 6.07) is 5.59. The van der Waals surface area contributed by atoms with Gasteiger partial charge in [-0.3, -0.25) is 0 Å². The number of hydrogen-bond donors (Lipinski definition) is 2. The van der Waals surface area contributed by atoms with Crippen LogP contribution >= 0.6 is 23.8 Å². The average molecular weight is 255 g/mol. The zero-order valence-electron chi connectivity index (χ0n) is 9.22. The van der Waals surface area contributed by atoms with Crippen molar-refractivity contribution >= 4 is 34.5 Å². The first kappa shape index (κ1) is 11.7. The SMILES string of the molecule is CC1(CNc2ccc(Cl)cc2C(N)=S)CC1. The van der Waals surface area contributed by atoms with Crippen LogP contribution in [0.4, 0.5) is 5.69 Å². The number of nitrogens with one attached hydrogen (secondary N) is 1. The van der Waals surface area contributed by atoms with Crippen LogP contribution in [0.2, 0.25) is 5.02 Å². The molecule has 1 aromatic rings. The highest BCUT2D eigenvalue weighted by Gasteiger charge is 2.36. The van der Waals surface area contributed by atoms with Gasteiger partial charge in [-0.15, -0.1) is 0 Å². The molecular formula is C12H15ClN2S. The molecule has 0 atom stereocenters. The van der Waals surface area contributed by atoms with Gasteiger partial charge in [-0.2, -0.15) is 0 Å². The predicted molar refractivity (Wildman–Crippen MR) is 73.2 cm³/mol. The predicted octanol–water partition coefficient (Wildman–Crippen LogP) is 3.19. The number of anilines is 1. The Morgan fingerprint density at radius 3 is 2.81 bits per heavy atom. The number of thiocarbonyl (C=S) groups is 1. The summed E-state index contributed by atoms with van der Waals surface area (Å²) in [5, 5.41) is 4.06. The van der Waals surface area contributed by atoms with Crippen molar-refractivity contribution in [2.45, 2.75) is 19.8 Å². The lowest BCUT2D eigenvalue weighted by Gasteiger charge is -2.14. The van der Waals surface area contributed by atoms with Gasteiger partial charge in [-0.25, -0.2) is 0 Å². The lowest BCUT2D eigenvalue weighted by molar-refractivity contribution is 0.611. The fourth-order valence-electron chi connectivity index (χ4n) is 1.57. The minimum atomic E-state index is 0.381. The summed E-state index contributed by atoms with van der Waals surface area (Å²) in [7, 11) is 0. The summed E-state index contributed by atoms with van der Waals surface area (Å²) in [5.74, 6) is 0. The topological polar surface area (TPSA) is 38.0 Å². The monoisotopic (exact) mass is 254 g/mol. The van der Waals surface area contributed by atoms with Gasteiger partial charge in [0, 0.05) is 22.8 Å². The summed E-state index contributed by atoms with van der Waals surface area (Å²) in [6.07, 6.45) is 2.58. The van der Waals surface area contributed by atoms with E-state index >= 15 is 0 Å². The Hall–Kier alpha value is -0.800. The third-order valence-corrected chi connectivity index (χ3v) is 3.51. The molecule has 0 spiro atoms. The van der Waals surface area contributed by atoms with Crippen LogP contribution in [0.3, 0.4) is 0 Å². The Morgan fingerprint density at radius 1 is 1.56 bits per heavy atom. The molecular weight excluding hydrogens is 240 g/mol. The minimum absolute atomic E-state index is 0.381. The Balaban J connectivity index is 2.15. The van der Waals surface area contributed by atoms with Gasteiger partial charge in [-0.1, -0.05) is 30.7 Å². The lowest BCUT2D eigenvalue weighted by atomic mass is 10.1. The molecule has 2 nitrogen and oxygen atoms in total. The largest absolute Gasteiger partial charge is 0.389 e. The van der Waals surface area contributed by atoms with E-state index in [1.165, 1.54) is 12.8 Å². The highest BCUT2D eigenvalue weighted by atomic mass is 35.5. The summed E-state index contributed by atoms with van der Waals surface area (Å²) >= 11 is 10.9. The standard InChI is InChI=1S/C12H15ClN2S/c1-12(4-5-12)7-15-10-3-2-8(13)6-9(10)11(14)16/h2-3,6,15H,4-5,7H2,1H3,(H2,14,16). The van der Waals surface area contributed by atoms with Gasteiger partial charge in [0.15, 0.2) is 0 Å². The van der Waals surface area contributed by atoms with Crippen LogP contribution in [0.25, 0.3) is 0 Å². The van der Waals surface area contributed by atoms with Crippen molar-refractivity contribution in [3.05, 3.63) is 28.8 Å². The number of nitrogens with two attached hydrogens (primary N) is 1. The van der Waals surface area contributed by atoms with Gasteiger partial charge < -0.3 is 11.1 Å². The van der Waals surface area contributed by atoms with E-state index in [-0.39, 0.29) is 0 Å². The molecule has 0 aliphatic heterocycles. The molecule has 3 N–H and O–H groups in total. The van der Waals surface area contributed by atoms with Gasteiger partial charge in [-0.05, 0) is 36.5 Å². The minimum Gasteiger partial charge on any atom is -0.389 e. The number of hydrogen-bond acceptors (Lipinski definition) is 2. The van der Waals surface area contributed by atoms with Crippen molar-refractivity contribution in [3.8, 4) is 0 Å². The quantitative estimate of drug-likeness (QED) is 0.811. The number of halogens is 1. The summed E-state index contributed by atoms with van der Waals surface area (Å²) in [6.45, 7) is 3.24. The summed E-state index contributed by atoms with van der Waals surface area (Å²) in [4.78, 5) is 0.381. The fraction of sp³-hybridized carbons (Fsp3) is 0.417. The Labute approximate surface area is 106 Å². The van der Waals surface area contributed by atoms with Crippen LogP contribution in [0.1, 0.15) is 25.3 Å². The molecule has 0 heterocycles. The molecule has 0 aromatic heterocycles. The van der Waals surface area contributed by atoms with Crippen molar-refractivity contribution < 1.29 is 0 Å². The molecule has 1 aliphatic rings. The average Bonchev–Trinajstić information content (AvgIpc) is 2.95. The molecule has 16 heavy (non-hydrogen) atoms. The third kappa shape index (κ3) is 2.66. The maximum Gasteiger partial charge on any atom is 0.106 e. The van der Waals surface area contributed by atoms with Crippen LogP contribution in [-0.4, -0.2) is 11.5 Å². The van der Waals surface area contributed by atoms with E-state index in [0.29, 0.717) is 15.4 Å². The Kier molecular flexibility index (Phi) is 3.08. The maximum absolute atomic E-state index is 5.92. The number of benzene rings is 1. The zero-order chi connectivity index (χ0) is 11.8. The van der Waals surface area contributed by atoms with E-state index in [1.807, 2.05) is 12.1 Å². The molecule has 1 aromatic carbocycles. The molecule has 0 unspecified atom stereocenters. The van der Waals surface area contributed by atoms with Crippen LogP contribution in [0.5, 0.6) is 0 Å². The lowest BCUT2D eigenvalue weighted by Crippen LogP contribution is -2.17. The van der Waals surface area contributed by atoms with Gasteiger partial charge in [0.2, 0.25) is 0 Å². The van der Waals surface area contributed by atoms with E-state index in [4.69, 9.17) is 29.6 Å². The van der Waals surface area contributed by atoms with Crippen molar-refractivity contribution in [3.63, 3.8) is 0 Å². The highest BCUT2D eigenvalue weighted by molar-refractivity contribution is 7.80. The van der Waals surface area contributed by atoms with Crippen LogP contribution in [0, 0.1) is 5.41 Å². The van der Waals surface area contributed by atoms with Crippen LogP contribution in [0.15, 0.2) is 18.2 Å². The van der Waals surface area contributed by atoms with Crippen LogP contribution < -0.4 is 11.1 Å². The second-order valence-electron chi connectivity index (χ2n) is 4.72. The van der Waals surface area contributed by atoms with Crippen molar-refractivity contribution in [2.24, 2.45) is 11.1 Å². The zero-order valence-corrected chi connectivity index (χ0v) is 10.8. The van der Waals surface area contributed by atoms with E-state index in [0.717, 1.165) is 17.8 Å². The van der Waals surface area contributed by atoms with Crippen molar-refractivity contribution in [1.82, 2.24) is 0 Å². The number of rotatable bonds is 4. The van der Waals surface area contributed by atoms with Crippen molar-refractivity contribution in [1.29, 1.82) is 0 Å². The Morgan fingerprint density at radius 2 is 2.25 bits per heavy atom. The Bertz CT molecular complexity index is 427. The first-order valence-electron chi connectivity index (χ1n) is 5.33. The van der Waals surface area contributed by atoms with E-state index in [9.17, 15) is 0 Å². The second kappa shape index (κ2) is 4.22. The first-order chi connectivity index (χ1) is 7.50. The summed E-state index contributed by atoms with van der Waals surface area (Å²) in [5.41, 5.74) is 7.93. The molecule has 0 radical (unpaired) electrons. The van der Waals surface area contributed by atoms with Crippen LogP contribution in [-0.2, 0) is 0 Å². The molecule has 0 bridgehead atoms. The molecule has 2 rings (SSSR count). The smallest absolute Gasteiger partial charge is 0.106 e. The van der Waals surface area contributed by atoms with Gasteiger partial charge >= 0.3 is 0 Å². The molecule has 0 amide bonds. The molecule has 1 saturated carbocycles. The second-order valence-corrected chi connectivity index (χ2v) is 5.59. The van der Waals surface area contributed by atoms with Crippen molar-refractivity contribution in [2.75, 3.05) is 11.9 Å². The molecule has 1 fully saturated rings. The van der Waals surface area contributed by atoms with Gasteiger partial charge in [0.25, 0.3) is 0 Å². The highest BCUT2D eigenvalue weighted by Crippen LogP contribution is 2.44. The third-order valence-electron chi connectivity index (χ3n) is 3.06. The fourth-order valence-corrected chi connectivity index (χ4v) is 1.91. The molecule has 0 saturated heterocycles.